The number of nitrogens with two attached hydrogens (primary N) is 1. The van der Waals surface area contributed by atoms with Crippen molar-refractivity contribution in [2.75, 3.05) is 45.0 Å². The van der Waals surface area contributed by atoms with Gasteiger partial charge < -0.3 is 20.3 Å². The zero-order valence-electron chi connectivity index (χ0n) is 14.1. The van der Waals surface area contributed by atoms with Crippen molar-refractivity contribution < 1.29 is 9.53 Å². The van der Waals surface area contributed by atoms with Gasteiger partial charge in [0.1, 0.15) is 11.9 Å². The number of likely N-dealkylation sites (tertiary alicyclic amines) is 1. The van der Waals surface area contributed by atoms with E-state index < -0.39 is 0 Å². The van der Waals surface area contributed by atoms with Gasteiger partial charge in [0, 0.05) is 37.9 Å². The molecular formula is C18H26N4O2. The number of hydrogen-bond acceptors (Lipinski definition) is 4. The fourth-order valence-electron chi connectivity index (χ4n) is 3.64. The number of anilines is 1. The first-order valence-electron chi connectivity index (χ1n) is 8.99. The molecule has 0 atom stereocenters. The first kappa shape index (κ1) is 15.6. The van der Waals surface area contributed by atoms with Crippen molar-refractivity contribution in [2.45, 2.75) is 31.4 Å². The largest absolute Gasteiger partial charge is 0.487 e. The minimum absolute atomic E-state index is 0.0915. The molecule has 0 radical (unpaired) electrons. The maximum Gasteiger partial charge on any atom is 0.320 e. The molecule has 2 heterocycles. The van der Waals surface area contributed by atoms with Crippen molar-refractivity contribution >= 4 is 11.7 Å². The SMILES string of the molecule is Nc1ccc(OC2CN(C(=O)N3CCN(C4CCC4)CC3)C2)cc1. The monoisotopic (exact) mass is 330 g/mol. The van der Waals surface area contributed by atoms with E-state index in [4.69, 9.17) is 10.5 Å². The number of ether oxygens (including phenoxy) is 1. The van der Waals surface area contributed by atoms with Gasteiger partial charge in [-0.15, -0.1) is 0 Å². The topological polar surface area (TPSA) is 62.0 Å². The van der Waals surface area contributed by atoms with Crippen molar-refractivity contribution in [2.24, 2.45) is 0 Å². The molecule has 2 amide bonds. The van der Waals surface area contributed by atoms with E-state index >= 15 is 0 Å². The van der Waals surface area contributed by atoms with Crippen LogP contribution in [-0.4, -0.2) is 72.1 Å². The maximum absolute atomic E-state index is 12.5. The molecule has 4 rings (SSSR count). The summed E-state index contributed by atoms with van der Waals surface area (Å²) in [6.45, 7) is 5.11. The molecule has 6 nitrogen and oxygen atoms in total. The lowest BCUT2D eigenvalue weighted by Gasteiger charge is -2.46. The Morgan fingerprint density at radius 2 is 1.67 bits per heavy atom. The van der Waals surface area contributed by atoms with E-state index in [0.717, 1.165) is 43.7 Å². The van der Waals surface area contributed by atoms with Crippen LogP contribution in [0.3, 0.4) is 0 Å². The van der Waals surface area contributed by atoms with Crippen LogP contribution in [0, 0.1) is 0 Å². The van der Waals surface area contributed by atoms with Crippen LogP contribution in [-0.2, 0) is 0 Å². The number of carbonyl (C=O) groups is 1. The van der Waals surface area contributed by atoms with Gasteiger partial charge in [-0.25, -0.2) is 4.79 Å². The van der Waals surface area contributed by atoms with E-state index in [2.05, 4.69) is 4.90 Å². The van der Waals surface area contributed by atoms with Gasteiger partial charge in [-0.1, -0.05) is 6.42 Å². The van der Waals surface area contributed by atoms with E-state index in [-0.39, 0.29) is 12.1 Å². The van der Waals surface area contributed by atoms with Gasteiger partial charge >= 0.3 is 6.03 Å². The summed E-state index contributed by atoms with van der Waals surface area (Å²) < 4.78 is 5.87. The molecule has 2 N–H and O–H groups in total. The van der Waals surface area contributed by atoms with Crippen molar-refractivity contribution in [1.82, 2.24) is 14.7 Å². The second-order valence-electron chi connectivity index (χ2n) is 7.10. The second kappa shape index (κ2) is 6.51. The smallest absolute Gasteiger partial charge is 0.320 e. The summed E-state index contributed by atoms with van der Waals surface area (Å²) in [6, 6.07) is 8.36. The third-order valence-corrected chi connectivity index (χ3v) is 5.48. The van der Waals surface area contributed by atoms with Gasteiger partial charge in [-0.2, -0.15) is 0 Å². The number of urea groups is 1. The highest BCUT2D eigenvalue weighted by atomic mass is 16.5. The molecule has 1 aliphatic carbocycles. The zero-order chi connectivity index (χ0) is 16.5. The molecule has 0 unspecified atom stereocenters. The van der Waals surface area contributed by atoms with Crippen LogP contribution in [0.25, 0.3) is 0 Å². The first-order chi connectivity index (χ1) is 11.7. The molecule has 3 aliphatic rings. The standard InChI is InChI=1S/C18H26N4O2/c19-14-4-6-16(7-5-14)24-17-12-22(13-17)18(23)21-10-8-20(9-11-21)15-2-1-3-15/h4-7,15,17H,1-3,8-13,19H2. The van der Waals surface area contributed by atoms with Crippen LogP contribution in [0.2, 0.25) is 0 Å². The van der Waals surface area contributed by atoms with Crippen molar-refractivity contribution in [3.05, 3.63) is 24.3 Å². The summed E-state index contributed by atoms with van der Waals surface area (Å²) in [5.74, 6) is 0.815. The van der Waals surface area contributed by atoms with E-state index in [1.165, 1.54) is 19.3 Å². The predicted molar refractivity (Wildman–Crippen MR) is 93.0 cm³/mol. The van der Waals surface area contributed by atoms with Gasteiger partial charge in [-0.3, -0.25) is 4.90 Å². The Labute approximate surface area is 143 Å². The Bertz CT molecular complexity index is 573. The number of benzene rings is 1. The molecule has 2 aliphatic heterocycles. The van der Waals surface area contributed by atoms with Crippen LogP contribution in [0.1, 0.15) is 19.3 Å². The zero-order valence-corrected chi connectivity index (χ0v) is 14.1. The Hall–Kier alpha value is -1.95. The summed E-state index contributed by atoms with van der Waals surface area (Å²) in [5.41, 5.74) is 6.40. The Balaban J connectivity index is 1.20. The number of amides is 2. The molecule has 0 spiro atoms. The highest BCUT2D eigenvalue weighted by Crippen LogP contribution is 2.26. The molecule has 24 heavy (non-hydrogen) atoms. The summed E-state index contributed by atoms with van der Waals surface area (Å²) in [5, 5.41) is 0. The lowest BCUT2D eigenvalue weighted by atomic mass is 9.91. The number of piperazine rings is 1. The predicted octanol–water partition coefficient (Wildman–Crippen LogP) is 1.62. The average Bonchev–Trinajstić information content (AvgIpc) is 2.51. The van der Waals surface area contributed by atoms with E-state index in [9.17, 15) is 4.79 Å². The van der Waals surface area contributed by atoms with Gasteiger partial charge in [0.25, 0.3) is 0 Å². The van der Waals surface area contributed by atoms with Gasteiger partial charge in [0.2, 0.25) is 0 Å². The lowest BCUT2D eigenvalue weighted by Crippen LogP contribution is -2.62. The minimum atomic E-state index is 0.0915. The first-order valence-corrected chi connectivity index (χ1v) is 8.99. The molecule has 0 bridgehead atoms. The van der Waals surface area contributed by atoms with Gasteiger partial charge in [0.05, 0.1) is 13.1 Å². The number of hydrogen-bond donors (Lipinski definition) is 1. The summed E-state index contributed by atoms with van der Waals surface area (Å²) in [6.07, 6.45) is 4.13. The molecule has 1 aromatic rings. The molecule has 1 aromatic carbocycles. The van der Waals surface area contributed by atoms with Crippen LogP contribution in [0.5, 0.6) is 5.75 Å². The molecule has 130 valence electrons. The summed E-state index contributed by atoms with van der Waals surface area (Å²) >= 11 is 0. The summed E-state index contributed by atoms with van der Waals surface area (Å²) in [4.78, 5) is 19.0. The highest BCUT2D eigenvalue weighted by molar-refractivity contribution is 5.75. The number of rotatable bonds is 3. The molecule has 2 saturated heterocycles. The fourth-order valence-corrected chi connectivity index (χ4v) is 3.64. The van der Waals surface area contributed by atoms with Crippen LogP contribution in [0.4, 0.5) is 10.5 Å². The molecule has 3 fully saturated rings. The quantitative estimate of drug-likeness (QED) is 0.856. The third kappa shape index (κ3) is 3.15. The van der Waals surface area contributed by atoms with Crippen molar-refractivity contribution in [1.29, 1.82) is 0 Å². The number of nitrogens with zero attached hydrogens (tertiary/aromatic N) is 3. The Morgan fingerprint density at radius 3 is 2.25 bits per heavy atom. The number of nitrogen functional groups attached to an aromatic ring is 1. The lowest BCUT2D eigenvalue weighted by molar-refractivity contribution is 0.0171. The fraction of sp³-hybridized carbons (Fsp3) is 0.611. The van der Waals surface area contributed by atoms with E-state index in [1.807, 2.05) is 34.1 Å². The van der Waals surface area contributed by atoms with Crippen LogP contribution in [0.15, 0.2) is 24.3 Å². The normalized spacial score (nSPS) is 22.8. The van der Waals surface area contributed by atoms with Crippen molar-refractivity contribution in [3.8, 4) is 5.75 Å². The van der Waals surface area contributed by atoms with Crippen LogP contribution >= 0.6 is 0 Å². The van der Waals surface area contributed by atoms with E-state index in [0.29, 0.717) is 13.1 Å². The average molecular weight is 330 g/mol. The van der Waals surface area contributed by atoms with E-state index in [1.54, 1.807) is 0 Å². The van der Waals surface area contributed by atoms with Crippen molar-refractivity contribution in [3.63, 3.8) is 0 Å². The number of carbonyl (C=O) groups excluding carboxylic acids is 1. The highest BCUT2D eigenvalue weighted by Gasteiger charge is 2.36. The molecular weight excluding hydrogens is 304 g/mol. The van der Waals surface area contributed by atoms with Gasteiger partial charge in [0.15, 0.2) is 0 Å². The Morgan fingerprint density at radius 1 is 1.00 bits per heavy atom. The Kier molecular flexibility index (Phi) is 4.22. The molecule has 1 saturated carbocycles. The maximum atomic E-state index is 12.5. The molecule has 0 aromatic heterocycles. The summed E-state index contributed by atoms with van der Waals surface area (Å²) in [7, 11) is 0. The molecule has 6 heteroatoms. The van der Waals surface area contributed by atoms with Gasteiger partial charge in [-0.05, 0) is 37.1 Å². The minimum Gasteiger partial charge on any atom is -0.487 e. The third-order valence-electron chi connectivity index (χ3n) is 5.48. The second-order valence-corrected chi connectivity index (χ2v) is 7.10. The van der Waals surface area contributed by atoms with Crippen LogP contribution < -0.4 is 10.5 Å².